The maximum Gasteiger partial charge on any atom is 0.337 e. The number of carbonyl (C=O) groups is 2. The summed E-state index contributed by atoms with van der Waals surface area (Å²) in [4.78, 5) is 29.5. The van der Waals surface area contributed by atoms with Gasteiger partial charge in [-0.3, -0.25) is 14.8 Å². The number of hydrogen-bond acceptors (Lipinski definition) is 7. The van der Waals surface area contributed by atoms with Crippen LogP contribution in [0.5, 0.6) is 11.5 Å². The molecule has 176 valence electrons. The van der Waals surface area contributed by atoms with E-state index in [-0.39, 0.29) is 18.7 Å². The van der Waals surface area contributed by atoms with E-state index in [1.54, 1.807) is 47.1 Å². The fourth-order valence-electron chi connectivity index (χ4n) is 3.51. The molecule has 3 aromatic rings. The Morgan fingerprint density at radius 1 is 1.12 bits per heavy atom. The Hall–Kier alpha value is -4.34. The Morgan fingerprint density at radius 3 is 2.65 bits per heavy atom. The SMILES string of the molecule is COC(=O)c1cccc(NC(=NCc2c(C)nn(C)c2C)NC(=O)c2ccc3c(c2)OCO3)c1. The number of hydrogen-bond donors (Lipinski definition) is 2. The second kappa shape index (κ2) is 9.65. The molecule has 10 heteroatoms. The molecule has 0 saturated heterocycles. The highest BCUT2D eigenvalue weighted by atomic mass is 16.7. The molecule has 1 aromatic heterocycles. The fraction of sp³-hybridized carbons (Fsp3) is 0.250. The molecular formula is C24H25N5O5. The number of aliphatic imine (C=N–C) groups is 1. The van der Waals surface area contributed by atoms with Gasteiger partial charge in [0, 0.05) is 29.6 Å². The first-order chi connectivity index (χ1) is 16.4. The third kappa shape index (κ3) is 4.85. The topological polar surface area (TPSA) is 116 Å². The molecule has 10 nitrogen and oxygen atoms in total. The summed E-state index contributed by atoms with van der Waals surface area (Å²) >= 11 is 0. The third-order valence-corrected chi connectivity index (χ3v) is 5.47. The van der Waals surface area contributed by atoms with Crippen molar-refractivity contribution in [1.82, 2.24) is 15.1 Å². The lowest BCUT2D eigenvalue weighted by molar-refractivity contribution is 0.0600. The summed E-state index contributed by atoms with van der Waals surface area (Å²) in [6, 6.07) is 11.7. The van der Waals surface area contributed by atoms with E-state index in [1.165, 1.54) is 7.11 Å². The van der Waals surface area contributed by atoms with Crippen LogP contribution >= 0.6 is 0 Å². The number of rotatable bonds is 5. The number of aryl methyl sites for hydroxylation is 2. The number of anilines is 1. The maximum absolute atomic E-state index is 13.0. The Labute approximate surface area is 196 Å². The van der Waals surface area contributed by atoms with E-state index in [0.29, 0.717) is 34.9 Å². The van der Waals surface area contributed by atoms with Gasteiger partial charge in [-0.25, -0.2) is 9.79 Å². The van der Waals surface area contributed by atoms with Crippen molar-refractivity contribution in [1.29, 1.82) is 0 Å². The minimum absolute atomic E-state index is 0.120. The first kappa shape index (κ1) is 22.8. The zero-order valence-electron chi connectivity index (χ0n) is 19.3. The number of carbonyl (C=O) groups excluding carboxylic acids is 2. The summed E-state index contributed by atoms with van der Waals surface area (Å²) in [6.45, 7) is 4.29. The standard InChI is InChI=1S/C24H25N5O5/c1-14-19(15(2)29(3)28-14)12-25-24(26-18-7-5-6-17(10-18)23(31)32-4)27-22(30)16-8-9-20-21(11-16)34-13-33-20/h5-11H,12-13H2,1-4H3,(H2,25,26,27,30). The minimum Gasteiger partial charge on any atom is -0.465 e. The lowest BCUT2D eigenvalue weighted by Gasteiger charge is -2.13. The molecule has 1 amide bonds. The third-order valence-electron chi connectivity index (χ3n) is 5.47. The van der Waals surface area contributed by atoms with Gasteiger partial charge >= 0.3 is 5.97 Å². The second-order valence-electron chi connectivity index (χ2n) is 7.66. The number of aromatic nitrogens is 2. The zero-order valence-corrected chi connectivity index (χ0v) is 19.3. The highest BCUT2D eigenvalue weighted by Gasteiger charge is 2.18. The Morgan fingerprint density at radius 2 is 1.91 bits per heavy atom. The van der Waals surface area contributed by atoms with E-state index in [2.05, 4.69) is 20.7 Å². The van der Waals surface area contributed by atoms with Gasteiger partial charge in [-0.2, -0.15) is 5.10 Å². The molecule has 0 fully saturated rings. The van der Waals surface area contributed by atoms with Gasteiger partial charge in [-0.1, -0.05) is 6.07 Å². The monoisotopic (exact) mass is 463 g/mol. The summed E-state index contributed by atoms with van der Waals surface area (Å²) < 4.78 is 17.3. The van der Waals surface area contributed by atoms with Gasteiger partial charge in [0.1, 0.15) is 0 Å². The van der Waals surface area contributed by atoms with Crippen molar-refractivity contribution in [2.75, 3.05) is 19.2 Å². The first-order valence-corrected chi connectivity index (χ1v) is 10.6. The van der Waals surface area contributed by atoms with Crippen LogP contribution in [0, 0.1) is 13.8 Å². The average molecular weight is 463 g/mol. The van der Waals surface area contributed by atoms with Gasteiger partial charge < -0.3 is 19.5 Å². The van der Waals surface area contributed by atoms with E-state index in [9.17, 15) is 9.59 Å². The molecular weight excluding hydrogens is 438 g/mol. The summed E-state index contributed by atoms with van der Waals surface area (Å²) in [5.74, 6) is 0.464. The van der Waals surface area contributed by atoms with Gasteiger partial charge in [-0.05, 0) is 50.2 Å². The van der Waals surface area contributed by atoms with Crippen molar-refractivity contribution in [3.8, 4) is 11.5 Å². The lowest BCUT2D eigenvalue weighted by Crippen LogP contribution is -2.36. The van der Waals surface area contributed by atoms with E-state index < -0.39 is 5.97 Å². The molecule has 0 unspecified atom stereocenters. The molecule has 2 aromatic carbocycles. The number of ether oxygens (including phenoxy) is 3. The molecule has 2 N–H and O–H groups in total. The molecule has 0 atom stereocenters. The van der Waals surface area contributed by atoms with Gasteiger partial charge in [-0.15, -0.1) is 0 Å². The van der Waals surface area contributed by atoms with Crippen LogP contribution < -0.4 is 20.1 Å². The number of benzene rings is 2. The molecule has 4 rings (SSSR count). The van der Waals surface area contributed by atoms with Crippen molar-refractivity contribution in [3.05, 3.63) is 70.5 Å². The summed E-state index contributed by atoms with van der Waals surface area (Å²) in [6.07, 6.45) is 0. The van der Waals surface area contributed by atoms with Crippen LogP contribution in [0.25, 0.3) is 0 Å². The van der Waals surface area contributed by atoms with Crippen molar-refractivity contribution >= 4 is 23.5 Å². The van der Waals surface area contributed by atoms with Crippen molar-refractivity contribution in [2.24, 2.45) is 12.0 Å². The van der Waals surface area contributed by atoms with Crippen molar-refractivity contribution < 1.29 is 23.8 Å². The van der Waals surface area contributed by atoms with E-state index in [0.717, 1.165) is 17.0 Å². The molecule has 0 bridgehead atoms. The van der Waals surface area contributed by atoms with E-state index in [1.807, 2.05) is 20.9 Å². The van der Waals surface area contributed by atoms with Crippen LogP contribution in [0.1, 0.15) is 37.7 Å². The Kier molecular flexibility index (Phi) is 6.48. The average Bonchev–Trinajstić information content (AvgIpc) is 3.40. The molecule has 0 spiro atoms. The fourth-order valence-corrected chi connectivity index (χ4v) is 3.51. The van der Waals surface area contributed by atoms with E-state index in [4.69, 9.17) is 14.2 Å². The normalized spacial score (nSPS) is 12.4. The predicted molar refractivity (Wildman–Crippen MR) is 125 cm³/mol. The molecule has 0 saturated carbocycles. The van der Waals surface area contributed by atoms with Crippen molar-refractivity contribution in [2.45, 2.75) is 20.4 Å². The number of esters is 1. The molecule has 0 aliphatic carbocycles. The first-order valence-electron chi connectivity index (χ1n) is 10.6. The highest BCUT2D eigenvalue weighted by Crippen LogP contribution is 2.32. The molecule has 1 aliphatic rings. The summed E-state index contributed by atoms with van der Waals surface area (Å²) in [7, 11) is 3.19. The van der Waals surface area contributed by atoms with Crippen LogP contribution in [0.15, 0.2) is 47.5 Å². The molecule has 0 radical (unpaired) electrons. The Bertz CT molecular complexity index is 1280. The summed E-state index contributed by atoms with van der Waals surface area (Å²) in [5.41, 5.74) is 4.12. The number of nitrogens with one attached hydrogen (secondary N) is 2. The number of nitrogens with zero attached hydrogens (tertiary/aromatic N) is 3. The molecule has 34 heavy (non-hydrogen) atoms. The predicted octanol–water partition coefficient (Wildman–Crippen LogP) is 2.95. The van der Waals surface area contributed by atoms with E-state index >= 15 is 0 Å². The van der Waals surface area contributed by atoms with Gasteiger partial charge in [0.2, 0.25) is 12.8 Å². The second-order valence-corrected chi connectivity index (χ2v) is 7.66. The molecule has 1 aliphatic heterocycles. The maximum atomic E-state index is 13.0. The minimum atomic E-state index is -0.465. The number of methoxy groups -OCH3 is 1. The highest BCUT2D eigenvalue weighted by molar-refractivity contribution is 6.10. The van der Waals surface area contributed by atoms with Crippen LogP contribution in [0.2, 0.25) is 0 Å². The number of guanidine groups is 1. The van der Waals surface area contributed by atoms with Crippen LogP contribution in [0.4, 0.5) is 5.69 Å². The van der Waals surface area contributed by atoms with Gasteiger partial charge in [0.05, 0.1) is 24.9 Å². The lowest BCUT2D eigenvalue weighted by atomic mass is 10.2. The zero-order chi connectivity index (χ0) is 24.2. The Balaban J connectivity index is 1.60. The number of amides is 1. The van der Waals surface area contributed by atoms with Crippen molar-refractivity contribution in [3.63, 3.8) is 0 Å². The summed E-state index contributed by atoms with van der Waals surface area (Å²) in [5, 5.41) is 10.3. The van der Waals surface area contributed by atoms with Crippen LogP contribution in [-0.4, -0.2) is 41.5 Å². The van der Waals surface area contributed by atoms with Gasteiger partial charge in [0.15, 0.2) is 11.5 Å². The van der Waals surface area contributed by atoms with Gasteiger partial charge in [0.25, 0.3) is 5.91 Å². The van der Waals surface area contributed by atoms with Crippen LogP contribution in [-0.2, 0) is 18.3 Å². The smallest absolute Gasteiger partial charge is 0.337 e. The molecule has 2 heterocycles. The largest absolute Gasteiger partial charge is 0.465 e. The quantitative estimate of drug-likeness (QED) is 0.339. The van der Waals surface area contributed by atoms with Crippen LogP contribution in [0.3, 0.4) is 0 Å². The number of fused-ring (bicyclic) bond motifs is 1.